The molecular weight excluding hydrogens is 228 g/mol. The molecule has 1 aromatic rings. The average Bonchev–Trinajstić information content (AvgIpc) is 2.29. The summed E-state index contributed by atoms with van der Waals surface area (Å²) in [5.74, 6) is 0.833. The van der Waals surface area contributed by atoms with Crippen LogP contribution in [-0.4, -0.2) is 10.7 Å². The Bertz CT molecular complexity index is 326. The molecule has 0 radical (unpaired) electrons. The topological polar surface area (TPSA) is 25.2 Å². The Balaban J connectivity index is 0.000000557. The average molecular weight is 252 g/mol. The summed E-state index contributed by atoms with van der Waals surface area (Å²) < 4.78 is 3.81. The van der Waals surface area contributed by atoms with Crippen molar-refractivity contribution in [3.05, 3.63) is 29.6 Å². The molecule has 0 N–H and O–H groups in total. The van der Waals surface area contributed by atoms with Crippen LogP contribution in [0.1, 0.15) is 52.3 Å². The largest absolute Gasteiger partial charge is 0.261 e. The first kappa shape index (κ1) is 16.2. The lowest BCUT2D eigenvalue weighted by molar-refractivity contribution is 0.737. The lowest BCUT2D eigenvalue weighted by atomic mass is 10.1. The molecule has 0 atom stereocenters. The summed E-state index contributed by atoms with van der Waals surface area (Å²) in [6.45, 7) is 10.6. The van der Waals surface area contributed by atoms with E-state index in [1.165, 1.54) is 0 Å². The van der Waals surface area contributed by atoms with Gasteiger partial charge in [0.25, 0.3) is 0 Å². The summed E-state index contributed by atoms with van der Waals surface area (Å²) in [7, 11) is 0. The van der Waals surface area contributed by atoms with Crippen LogP contribution in [0.2, 0.25) is 0 Å². The molecule has 96 valence electrons. The van der Waals surface area contributed by atoms with Crippen molar-refractivity contribution in [1.82, 2.24) is 4.98 Å². The van der Waals surface area contributed by atoms with Gasteiger partial charge in [-0.1, -0.05) is 34.1 Å². The van der Waals surface area contributed by atoms with Gasteiger partial charge in [0.05, 0.1) is 5.71 Å². The van der Waals surface area contributed by atoms with E-state index in [2.05, 4.69) is 49.9 Å². The fraction of sp³-hybridized carbons (Fsp3) is 0.571. The maximum absolute atomic E-state index is 4.32. The van der Waals surface area contributed by atoms with Gasteiger partial charge < -0.3 is 0 Å². The molecule has 0 bridgehead atoms. The molecule has 1 rings (SSSR count). The molecule has 0 saturated heterocycles. The minimum atomic E-state index is 0.833. The third kappa shape index (κ3) is 7.97. The first-order valence-electron chi connectivity index (χ1n) is 6.15. The van der Waals surface area contributed by atoms with E-state index in [4.69, 9.17) is 0 Å². The molecule has 3 heteroatoms. The lowest BCUT2D eigenvalue weighted by Crippen LogP contribution is -1.96. The SMILES string of the molecule is CC(C)C.CCCc1ccc(/C(C)=N/S)cn1. The highest BCUT2D eigenvalue weighted by Crippen LogP contribution is 2.04. The van der Waals surface area contributed by atoms with E-state index in [0.717, 1.165) is 35.7 Å². The van der Waals surface area contributed by atoms with Gasteiger partial charge in [0.2, 0.25) is 0 Å². The van der Waals surface area contributed by atoms with Crippen molar-refractivity contribution < 1.29 is 0 Å². The third-order valence-electron chi connectivity index (χ3n) is 1.90. The normalized spacial score (nSPS) is 11.1. The molecule has 0 aliphatic rings. The highest BCUT2D eigenvalue weighted by molar-refractivity contribution is 7.79. The van der Waals surface area contributed by atoms with Gasteiger partial charge in [-0.25, -0.2) is 4.40 Å². The zero-order valence-corrected chi connectivity index (χ0v) is 12.5. The molecule has 2 nitrogen and oxygen atoms in total. The molecule has 0 amide bonds. The predicted molar refractivity (Wildman–Crippen MR) is 79.9 cm³/mol. The Morgan fingerprint density at radius 3 is 2.29 bits per heavy atom. The van der Waals surface area contributed by atoms with E-state index in [0.29, 0.717) is 0 Å². The summed E-state index contributed by atoms with van der Waals surface area (Å²) in [4.78, 5) is 4.32. The van der Waals surface area contributed by atoms with Crippen molar-refractivity contribution in [2.75, 3.05) is 0 Å². The van der Waals surface area contributed by atoms with Crippen molar-refractivity contribution in [3.8, 4) is 0 Å². The predicted octanol–water partition coefficient (Wildman–Crippen LogP) is 4.35. The summed E-state index contributed by atoms with van der Waals surface area (Å²) in [5, 5.41) is 0. The highest BCUT2D eigenvalue weighted by Gasteiger charge is 1.97. The van der Waals surface area contributed by atoms with Gasteiger partial charge in [-0.15, -0.1) is 0 Å². The molecule has 0 saturated carbocycles. The van der Waals surface area contributed by atoms with Crippen molar-refractivity contribution in [2.24, 2.45) is 10.3 Å². The van der Waals surface area contributed by atoms with Gasteiger partial charge in [-0.3, -0.25) is 4.98 Å². The molecule has 0 spiro atoms. The van der Waals surface area contributed by atoms with E-state index in [1.807, 2.05) is 25.3 Å². The van der Waals surface area contributed by atoms with Crippen LogP contribution < -0.4 is 0 Å². The maximum Gasteiger partial charge on any atom is 0.0540 e. The number of pyridine rings is 1. The zero-order chi connectivity index (χ0) is 13.3. The van der Waals surface area contributed by atoms with Crippen LogP contribution in [0.15, 0.2) is 22.7 Å². The number of aromatic nitrogens is 1. The van der Waals surface area contributed by atoms with Crippen molar-refractivity contribution >= 4 is 18.5 Å². The molecule has 0 unspecified atom stereocenters. The van der Waals surface area contributed by atoms with E-state index in [1.54, 1.807) is 0 Å². The van der Waals surface area contributed by atoms with E-state index in [9.17, 15) is 0 Å². The maximum atomic E-state index is 4.32. The highest BCUT2D eigenvalue weighted by atomic mass is 32.1. The molecular formula is C14H24N2S. The number of aryl methyl sites for hydroxylation is 1. The second kappa shape index (κ2) is 9.23. The molecule has 0 aliphatic heterocycles. The Kier molecular flexibility index (Phi) is 8.78. The van der Waals surface area contributed by atoms with Gasteiger partial charge in [0, 0.05) is 17.5 Å². The molecule has 17 heavy (non-hydrogen) atoms. The number of nitrogens with zero attached hydrogens (tertiary/aromatic N) is 2. The first-order valence-corrected chi connectivity index (χ1v) is 6.55. The van der Waals surface area contributed by atoms with Gasteiger partial charge in [-0.2, -0.15) is 0 Å². The summed E-state index contributed by atoms with van der Waals surface area (Å²) in [5.41, 5.74) is 3.08. The molecule has 0 aromatic carbocycles. The lowest BCUT2D eigenvalue weighted by Gasteiger charge is -2.00. The van der Waals surface area contributed by atoms with E-state index < -0.39 is 0 Å². The van der Waals surface area contributed by atoms with Crippen molar-refractivity contribution in [2.45, 2.75) is 47.5 Å². The van der Waals surface area contributed by atoms with Crippen LogP contribution in [0.4, 0.5) is 0 Å². The molecule has 0 fully saturated rings. The van der Waals surface area contributed by atoms with E-state index in [-0.39, 0.29) is 0 Å². The minimum absolute atomic E-state index is 0.833. The fourth-order valence-corrected chi connectivity index (χ4v) is 1.22. The van der Waals surface area contributed by atoms with Crippen LogP contribution in [0.5, 0.6) is 0 Å². The first-order chi connectivity index (χ1) is 8.01. The quantitative estimate of drug-likeness (QED) is 0.628. The van der Waals surface area contributed by atoms with Gasteiger partial charge in [0.1, 0.15) is 0 Å². The standard InChI is InChI=1S/C10H14N2S.C4H10/c1-3-4-10-6-5-9(7-11-10)8(2)12-13;1-4(2)3/h5-7,13H,3-4H2,1-2H3;4H,1-3H3/b12-8+;. The minimum Gasteiger partial charge on any atom is -0.261 e. The van der Waals surface area contributed by atoms with Gasteiger partial charge >= 0.3 is 0 Å². The van der Waals surface area contributed by atoms with Crippen molar-refractivity contribution in [3.63, 3.8) is 0 Å². The fourth-order valence-electron chi connectivity index (χ4n) is 1.10. The van der Waals surface area contributed by atoms with Crippen LogP contribution in [0.3, 0.4) is 0 Å². The van der Waals surface area contributed by atoms with Gasteiger partial charge in [0.15, 0.2) is 0 Å². The zero-order valence-electron chi connectivity index (χ0n) is 11.6. The Morgan fingerprint density at radius 2 is 1.94 bits per heavy atom. The number of hydrogen-bond donors (Lipinski definition) is 1. The molecule has 1 aromatic heterocycles. The van der Waals surface area contributed by atoms with Gasteiger partial charge in [-0.05, 0) is 44.2 Å². The third-order valence-corrected chi connectivity index (χ3v) is 2.20. The Morgan fingerprint density at radius 1 is 1.35 bits per heavy atom. The monoisotopic (exact) mass is 252 g/mol. The van der Waals surface area contributed by atoms with Crippen LogP contribution >= 0.6 is 12.8 Å². The van der Waals surface area contributed by atoms with Crippen LogP contribution in [0, 0.1) is 5.92 Å². The van der Waals surface area contributed by atoms with Crippen molar-refractivity contribution in [1.29, 1.82) is 0 Å². The van der Waals surface area contributed by atoms with E-state index >= 15 is 0 Å². The number of hydrogen-bond acceptors (Lipinski definition) is 3. The van der Waals surface area contributed by atoms with Crippen LogP contribution in [-0.2, 0) is 6.42 Å². The Hall–Kier alpha value is -0.830. The summed E-state index contributed by atoms with van der Waals surface area (Å²) >= 11 is 3.85. The smallest absolute Gasteiger partial charge is 0.0540 e. The Labute approximate surface area is 111 Å². The molecule has 1 heterocycles. The number of rotatable bonds is 3. The number of thiol groups is 1. The molecule has 0 aliphatic carbocycles. The summed E-state index contributed by atoms with van der Waals surface area (Å²) in [6, 6.07) is 4.08. The van der Waals surface area contributed by atoms with Crippen LogP contribution in [0.25, 0.3) is 0 Å². The second-order valence-electron chi connectivity index (χ2n) is 4.71. The summed E-state index contributed by atoms with van der Waals surface area (Å²) in [6.07, 6.45) is 4.02. The second-order valence-corrected chi connectivity index (χ2v) is 4.91.